The first kappa shape index (κ1) is 14.3. The lowest BCUT2D eigenvalue weighted by molar-refractivity contribution is -0.156. The van der Waals surface area contributed by atoms with Crippen molar-refractivity contribution in [2.75, 3.05) is 14.2 Å². The standard InChI is InChI=1S/C15H16O5/c1-19-12-8-7-11(9-5-3-4-6-10(9)12)13(16)14(17)15(18)20-2/h3-8,13-14,16-17H,1-2H3. The van der Waals surface area contributed by atoms with E-state index in [4.69, 9.17) is 4.74 Å². The molecule has 5 nitrogen and oxygen atoms in total. The molecule has 2 rings (SSSR count). The number of benzene rings is 2. The summed E-state index contributed by atoms with van der Waals surface area (Å²) in [6, 6.07) is 10.6. The van der Waals surface area contributed by atoms with Crippen LogP contribution in [0.1, 0.15) is 11.7 Å². The summed E-state index contributed by atoms with van der Waals surface area (Å²) in [6.07, 6.45) is -2.99. The van der Waals surface area contributed by atoms with Crippen LogP contribution in [0.5, 0.6) is 5.75 Å². The molecule has 0 heterocycles. The number of esters is 1. The predicted molar refractivity (Wildman–Crippen MR) is 73.5 cm³/mol. The molecule has 0 amide bonds. The van der Waals surface area contributed by atoms with Gasteiger partial charge in [-0.25, -0.2) is 4.79 Å². The molecule has 2 unspecified atom stereocenters. The van der Waals surface area contributed by atoms with Crippen molar-refractivity contribution in [2.45, 2.75) is 12.2 Å². The van der Waals surface area contributed by atoms with Gasteiger partial charge in [0.05, 0.1) is 14.2 Å². The highest BCUT2D eigenvalue weighted by atomic mass is 16.5. The molecular weight excluding hydrogens is 260 g/mol. The van der Waals surface area contributed by atoms with E-state index < -0.39 is 18.2 Å². The van der Waals surface area contributed by atoms with Crippen LogP contribution < -0.4 is 4.74 Å². The third kappa shape index (κ3) is 2.45. The van der Waals surface area contributed by atoms with Crippen molar-refractivity contribution in [1.82, 2.24) is 0 Å². The molecule has 2 aromatic rings. The highest BCUT2D eigenvalue weighted by Gasteiger charge is 2.28. The van der Waals surface area contributed by atoms with Gasteiger partial charge in [0.15, 0.2) is 6.10 Å². The highest BCUT2D eigenvalue weighted by molar-refractivity contribution is 5.92. The van der Waals surface area contributed by atoms with Crippen molar-refractivity contribution in [1.29, 1.82) is 0 Å². The lowest BCUT2D eigenvalue weighted by Gasteiger charge is -2.18. The molecule has 2 aromatic carbocycles. The molecule has 0 bridgehead atoms. The van der Waals surface area contributed by atoms with Crippen LogP contribution in [-0.2, 0) is 9.53 Å². The minimum Gasteiger partial charge on any atom is -0.496 e. The molecule has 0 spiro atoms. The van der Waals surface area contributed by atoms with Gasteiger partial charge in [-0.2, -0.15) is 0 Å². The smallest absolute Gasteiger partial charge is 0.337 e. The zero-order valence-corrected chi connectivity index (χ0v) is 11.2. The number of methoxy groups -OCH3 is 2. The normalized spacial score (nSPS) is 13.8. The molecule has 0 aliphatic carbocycles. The molecular formula is C15H16O5. The largest absolute Gasteiger partial charge is 0.496 e. The fourth-order valence-electron chi connectivity index (χ4n) is 2.15. The monoisotopic (exact) mass is 276 g/mol. The number of aliphatic hydroxyl groups is 2. The topological polar surface area (TPSA) is 76.0 Å². The van der Waals surface area contributed by atoms with Gasteiger partial charge < -0.3 is 19.7 Å². The zero-order chi connectivity index (χ0) is 14.7. The number of carbonyl (C=O) groups is 1. The Bertz CT molecular complexity index is 623. The lowest BCUT2D eigenvalue weighted by atomic mass is 9.97. The number of fused-ring (bicyclic) bond motifs is 1. The van der Waals surface area contributed by atoms with Crippen LogP contribution in [-0.4, -0.2) is 36.5 Å². The van der Waals surface area contributed by atoms with Gasteiger partial charge in [0.1, 0.15) is 11.9 Å². The van der Waals surface area contributed by atoms with E-state index in [-0.39, 0.29) is 0 Å². The Morgan fingerprint density at radius 3 is 2.30 bits per heavy atom. The molecule has 0 aliphatic heterocycles. The van der Waals surface area contributed by atoms with E-state index in [0.717, 1.165) is 12.5 Å². The first-order valence-electron chi connectivity index (χ1n) is 6.09. The van der Waals surface area contributed by atoms with Gasteiger partial charge in [0.25, 0.3) is 0 Å². The van der Waals surface area contributed by atoms with Crippen LogP contribution in [0, 0.1) is 0 Å². The third-order valence-electron chi connectivity index (χ3n) is 3.20. The third-order valence-corrected chi connectivity index (χ3v) is 3.20. The summed E-state index contributed by atoms with van der Waals surface area (Å²) < 4.78 is 9.69. The van der Waals surface area contributed by atoms with Crippen molar-refractivity contribution < 1.29 is 24.5 Å². The maximum Gasteiger partial charge on any atom is 0.337 e. The summed E-state index contributed by atoms with van der Waals surface area (Å²) in [7, 11) is 2.71. The van der Waals surface area contributed by atoms with Crippen LogP contribution in [0.25, 0.3) is 10.8 Å². The number of rotatable bonds is 4. The van der Waals surface area contributed by atoms with Gasteiger partial charge >= 0.3 is 5.97 Å². The molecule has 2 N–H and O–H groups in total. The van der Waals surface area contributed by atoms with Crippen molar-refractivity contribution in [3.63, 3.8) is 0 Å². The lowest BCUT2D eigenvalue weighted by Crippen LogP contribution is -2.29. The molecule has 5 heteroatoms. The summed E-state index contributed by atoms with van der Waals surface area (Å²) in [4.78, 5) is 11.3. The number of aliphatic hydroxyl groups excluding tert-OH is 2. The molecule has 0 fully saturated rings. The van der Waals surface area contributed by atoms with Gasteiger partial charge in [-0.1, -0.05) is 30.3 Å². The van der Waals surface area contributed by atoms with Crippen LogP contribution in [0.2, 0.25) is 0 Å². The number of ether oxygens (including phenoxy) is 2. The van der Waals surface area contributed by atoms with E-state index in [9.17, 15) is 15.0 Å². The molecule has 106 valence electrons. The number of hydrogen-bond donors (Lipinski definition) is 2. The predicted octanol–water partition coefficient (Wildman–Crippen LogP) is 1.42. The summed E-state index contributed by atoms with van der Waals surface area (Å²) in [6.45, 7) is 0. The summed E-state index contributed by atoms with van der Waals surface area (Å²) in [5.41, 5.74) is 0.444. The average molecular weight is 276 g/mol. The van der Waals surface area contributed by atoms with Gasteiger partial charge in [-0.05, 0) is 17.0 Å². The highest BCUT2D eigenvalue weighted by Crippen LogP contribution is 2.32. The Kier molecular flexibility index (Phi) is 4.22. The van der Waals surface area contributed by atoms with Crippen LogP contribution in [0.3, 0.4) is 0 Å². The molecule has 2 atom stereocenters. The Labute approximate surface area is 116 Å². The van der Waals surface area contributed by atoms with Crippen molar-refractivity contribution in [2.24, 2.45) is 0 Å². The number of carbonyl (C=O) groups excluding carboxylic acids is 1. The van der Waals surface area contributed by atoms with E-state index in [2.05, 4.69) is 4.74 Å². The van der Waals surface area contributed by atoms with E-state index in [1.54, 1.807) is 25.3 Å². The second kappa shape index (κ2) is 5.90. The first-order chi connectivity index (χ1) is 9.60. The summed E-state index contributed by atoms with van der Waals surface area (Å²) in [5.74, 6) is -0.221. The van der Waals surface area contributed by atoms with Gasteiger partial charge in [0, 0.05) is 5.39 Å². The zero-order valence-electron chi connectivity index (χ0n) is 11.2. The Balaban J connectivity index is 2.53. The first-order valence-corrected chi connectivity index (χ1v) is 6.09. The molecule has 0 aliphatic rings. The van der Waals surface area contributed by atoms with Crippen LogP contribution in [0.4, 0.5) is 0 Å². The van der Waals surface area contributed by atoms with Crippen molar-refractivity contribution >= 4 is 16.7 Å². The van der Waals surface area contributed by atoms with E-state index in [0.29, 0.717) is 16.7 Å². The van der Waals surface area contributed by atoms with E-state index in [1.165, 1.54) is 0 Å². The van der Waals surface area contributed by atoms with Gasteiger partial charge in [-0.3, -0.25) is 0 Å². The maximum absolute atomic E-state index is 11.3. The van der Waals surface area contributed by atoms with E-state index >= 15 is 0 Å². The van der Waals surface area contributed by atoms with Gasteiger partial charge in [-0.15, -0.1) is 0 Å². The molecule has 0 aromatic heterocycles. The second-order valence-electron chi connectivity index (χ2n) is 4.32. The van der Waals surface area contributed by atoms with Crippen LogP contribution in [0.15, 0.2) is 36.4 Å². The molecule has 0 radical (unpaired) electrons. The van der Waals surface area contributed by atoms with Gasteiger partial charge in [0.2, 0.25) is 0 Å². The molecule has 20 heavy (non-hydrogen) atoms. The minimum atomic E-state index is -1.63. The second-order valence-corrected chi connectivity index (χ2v) is 4.32. The van der Waals surface area contributed by atoms with Crippen molar-refractivity contribution in [3.8, 4) is 5.75 Å². The fourth-order valence-corrected chi connectivity index (χ4v) is 2.15. The fraction of sp³-hybridized carbons (Fsp3) is 0.267. The summed E-state index contributed by atoms with van der Waals surface area (Å²) >= 11 is 0. The molecule has 0 saturated carbocycles. The quantitative estimate of drug-likeness (QED) is 0.826. The van der Waals surface area contributed by atoms with E-state index in [1.807, 2.05) is 18.2 Å². The number of hydrogen-bond acceptors (Lipinski definition) is 5. The van der Waals surface area contributed by atoms with Crippen molar-refractivity contribution in [3.05, 3.63) is 42.0 Å². The summed E-state index contributed by atoms with van der Waals surface area (Å²) in [5, 5.41) is 21.4. The Hall–Kier alpha value is -2.11. The SMILES string of the molecule is COC(=O)C(O)C(O)c1ccc(OC)c2ccccc12. The molecule has 0 saturated heterocycles. The minimum absolute atomic E-state index is 0.444. The average Bonchev–Trinajstić information content (AvgIpc) is 2.51. The Morgan fingerprint density at radius 2 is 1.70 bits per heavy atom. The Morgan fingerprint density at radius 1 is 1.05 bits per heavy atom. The maximum atomic E-state index is 11.3. The van der Waals surface area contributed by atoms with Crippen LogP contribution >= 0.6 is 0 Å².